The molecule has 0 aliphatic rings. The molecule has 34 heavy (non-hydrogen) atoms. The zero-order valence-electron chi connectivity index (χ0n) is 19.8. The van der Waals surface area contributed by atoms with Gasteiger partial charge in [-0.3, -0.25) is 0 Å². The van der Waals surface area contributed by atoms with Crippen molar-refractivity contribution in [3.8, 4) is 45.4 Å². The number of ether oxygens (including phenoxy) is 1. The fourth-order valence-electron chi connectivity index (χ4n) is 4.01. The third kappa shape index (κ3) is 5.60. The van der Waals surface area contributed by atoms with Crippen LogP contribution in [0.15, 0.2) is 79.1 Å². The predicted molar refractivity (Wildman–Crippen MR) is 137 cm³/mol. The van der Waals surface area contributed by atoms with E-state index in [-0.39, 0.29) is 5.75 Å². The van der Waals surface area contributed by atoms with Crippen molar-refractivity contribution in [2.24, 2.45) is 5.92 Å². The van der Waals surface area contributed by atoms with Crippen LogP contribution >= 0.6 is 0 Å². The highest BCUT2D eigenvalue weighted by Crippen LogP contribution is 2.33. The maximum atomic E-state index is 10.7. The summed E-state index contributed by atoms with van der Waals surface area (Å²) >= 11 is 0. The van der Waals surface area contributed by atoms with E-state index in [9.17, 15) is 5.11 Å². The number of phenols is 1. The van der Waals surface area contributed by atoms with Crippen LogP contribution in [0.2, 0.25) is 0 Å². The minimum atomic E-state index is 0.0904. The highest BCUT2D eigenvalue weighted by atomic mass is 16.5. The highest BCUT2D eigenvalue weighted by Gasteiger charge is 2.14. The number of phenolic OH excluding ortho intramolecular Hbond substituents is 1. The molecule has 0 aliphatic carbocycles. The molecule has 3 aromatic carbocycles. The molecule has 0 spiro atoms. The van der Waals surface area contributed by atoms with Crippen molar-refractivity contribution < 1.29 is 9.84 Å². The minimum absolute atomic E-state index is 0.0904. The second-order valence-corrected chi connectivity index (χ2v) is 8.45. The van der Waals surface area contributed by atoms with E-state index < -0.39 is 0 Å². The van der Waals surface area contributed by atoms with Crippen molar-refractivity contribution in [2.45, 2.75) is 39.5 Å². The first-order valence-corrected chi connectivity index (χ1v) is 12.0. The summed E-state index contributed by atoms with van der Waals surface area (Å²) in [4.78, 5) is 13.4. The van der Waals surface area contributed by atoms with Crippen LogP contribution < -0.4 is 4.74 Å². The predicted octanol–water partition coefficient (Wildman–Crippen LogP) is 7.17. The van der Waals surface area contributed by atoms with E-state index in [4.69, 9.17) is 4.74 Å². The zero-order valence-corrected chi connectivity index (χ0v) is 19.8. The second kappa shape index (κ2) is 11.4. The van der Waals surface area contributed by atoms with Crippen LogP contribution in [0.5, 0.6) is 11.5 Å². The Bertz CT molecular complexity index is 1210. The average molecular weight is 454 g/mol. The molecule has 1 unspecified atom stereocenters. The molecule has 0 saturated heterocycles. The minimum Gasteiger partial charge on any atom is -0.507 e. The van der Waals surface area contributed by atoms with Gasteiger partial charge in [-0.1, -0.05) is 87.7 Å². The first kappa shape index (κ1) is 23.4. The molecular weight excluding hydrogens is 422 g/mol. The Morgan fingerprint density at radius 3 is 2.24 bits per heavy atom. The summed E-state index contributed by atoms with van der Waals surface area (Å²) in [7, 11) is 0. The normalized spacial score (nSPS) is 11.8. The van der Waals surface area contributed by atoms with Crippen molar-refractivity contribution in [1.29, 1.82) is 0 Å². The van der Waals surface area contributed by atoms with E-state index in [0.29, 0.717) is 35.5 Å². The monoisotopic (exact) mass is 453 g/mol. The Morgan fingerprint density at radius 2 is 1.53 bits per heavy atom. The summed E-state index contributed by atoms with van der Waals surface area (Å²) in [6, 6.07) is 23.5. The van der Waals surface area contributed by atoms with Crippen LogP contribution in [0.1, 0.15) is 39.5 Å². The second-order valence-electron chi connectivity index (χ2n) is 8.45. The van der Waals surface area contributed by atoms with Gasteiger partial charge in [0.2, 0.25) is 0 Å². The molecule has 0 fully saturated rings. The van der Waals surface area contributed by atoms with Gasteiger partial charge in [-0.05, 0) is 35.6 Å². The quantitative estimate of drug-likeness (QED) is 0.276. The van der Waals surface area contributed by atoms with Gasteiger partial charge in [-0.2, -0.15) is 0 Å². The lowest BCUT2D eigenvalue weighted by atomic mass is 9.99. The van der Waals surface area contributed by atoms with Crippen LogP contribution in [0, 0.1) is 5.92 Å². The molecule has 5 heteroatoms. The van der Waals surface area contributed by atoms with Crippen molar-refractivity contribution in [3.05, 3.63) is 79.1 Å². The molecule has 0 bridgehead atoms. The van der Waals surface area contributed by atoms with Gasteiger partial charge in [0, 0.05) is 11.6 Å². The summed E-state index contributed by atoms with van der Waals surface area (Å²) in [6.07, 6.45) is 6.14. The molecule has 1 N–H and O–H groups in total. The number of aromatic hydroxyl groups is 1. The van der Waals surface area contributed by atoms with Gasteiger partial charge in [-0.15, -0.1) is 0 Å². The van der Waals surface area contributed by atoms with E-state index in [1.54, 1.807) is 12.1 Å². The molecule has 0 aliphatic heterocycles. The summed E-state index contributed by atoms with van der Waals surface area (Å²) in [5, 5.41) is 10.7. The first-order valence-electron chi connectivity index (χ1n) is 12.0. The van der Waals surface area contributed by atoms with Gasteiger partial charge in [0.15, 0.2) is 11.6 Å². The SMILES string of the molecule is CCCCC(CC)COc1ccc(-c2ncnc(-c3ccccc3-c3ccccc3)n2)c(O)c1. The molecular formula is C29H31N3O2. The fraction of sp³-hybridized carbons (Fsp3) is 0.276. The van der Waals surface area contributed by atoms with Gasteiger partial charge in [0.25, 0.3) is 0 Å². The molecule has 1 atom stereocenters. The largest absolute Gasteiger partial charge is 0.507 e. The molecule has 0 saturated carbocycles. The lowest BCUT2D eigenvalue weighted by Gasteiger charge is -2.16. The molecule has 0 amide bonds. The molecule has 5 nitrogen and oxygen atoms in total. The Hall–Kier alpha value is -3.73. The molecule has 1 heterocycles. The van der Waals surface area contributed by atoms with Crippen molar-refractivity contribution in [1.82, 2.24) is 15.0 Å². The van der Waals surface area contributed by atoms with E-state index in [1.807, 2.05) is 42.5 Å². The number of benzene rings is 3. The summed E-state index contributed by atoms with van der Waals surface area (Å²) in [6.45, 7) is 5.05. The lowest BCUT2D eigenvalue weighted by molar-refractivity contribution is 0.232. The van der Waals surface area contributed by atoms with Gasteiger partial charge in [-0.25, -0.2) is 15.0 Å². The van der Waals surface area contributed by atoms with E-state index in [0.717, 1.165) is 29.5 Å². The van der Waals surface area contributed by atoms with E-state index >= 15 is 0 Å². The number of hydrogen-bond donors (Lipinski definition) is 1. The summed E-state index contributed by atoms with van der Waals surface area (Å²) in [5.41, 5.74) is 3.59. The van der Waals surface area contributed by atoms with Crippen LogP contribution in [0.3, 0.4) is 0 Å². The Morgan fingerprint density at radius 1 is 0.824 bits per heavy atom. The maximum absolute atomic E-state index is 10.7. The first-order chi connectivity index (χ1) is 16.7. The van der Waals surface area contributed by atoms with Crippen molar-refractivity contribution in [3.63, 3.8) is 0 Å². The average Bonchev–Trinajstić information content (AvgIpc) is 2.89. The van der Waals surface area contributed by atoms with Crippen LogP contribution in [0.4, 0.5) is 0 Å². The molecule has 4 rings (SSSR count). The van der Waals surface area contributed by atoms with Gasteiger partial charge < -0.3 is 9.84 Å². The maximum Gasteiger partial charge on any atom is 0.167 e. The van der Waals surface area contributed by atoms with E-state index in [1.165, 1.54) is 19.2 Å². The van der Waals surface area contributed by atoms with Crippen LogP contribution in [-0.4, -0.2) is 26.7 Å². The summed E-state index contributed by atoms with van der Waals surface area (Å²) < 4.78 is 5.97. The number of hydrogen-bond acceptors (Lipinski definition) is 5. The van der Waals surface area contributed by atoms with Crippen LogP contribution in [-0.2, 0) is 0 Å². The standard InChI is InChI=1S/C29H31N3O2/c1-3-5-11-21(4-2)19-34-23-16-17-26(27(33)18-23)29-31-20-30-28(32-29)25-15-10-9-14-24(25)22-12-7-6-8-13-22/h6-10,12-18,20-21,33H,3-5,11,19H2,1-2H3. The van der Waals surface area contributed by atoms with E-state index in [2.05, 4.69) is 47.0 Å². The van der Waals surface area contributed by atoms with Crippen LogP contribution in [0.25, 0.3) is 33.9 Å². The van der Waals surface area contributed by atoms with Crippen molar-refractivity contribution >= 4 is 0 Å². The third-order valence-corrected chi connectivity index (χ3v) is 6.06. The number of aromatic nitrogens is 3. The zero-order chi connectivity index (χ0) is 23.8. The Labute approximate surface area is 201 Å². The lowest BCUT2D eigenvalue weighted by Crippen LogP contribution is -2.11. The molecule has 174 valence electrons. The number of unbranched alkanes of at least 4 members (excludes halogenated alkanes) is 1. The van der Waals surface area contributed by atoms with Gasteiger partial charge in [0.1, 0.15) is 17.8 Å². The highest BCUT2D eigenvalue weighted by molar-refractivity contribution is 5.81. The van der Waals surface area contributed by atoms with Crippen molar-refractivity contribution in [2.75, 3.05) is 6.61 Å². The molecule has 4 aromatic rings. The third-order valence-electron chi connectivity index (χ3n) is 6.06. The smallest absolute Gasteiger partial charge is 0.167 e. The fourth-order valence-corrected chi connectivity index (χ4v) is 4.01. The topological polar surface area (TPSA) is 68.1 Å². The number of rotatable bonds is 10. The molecule has 0 radical (unpaired) electrons. The molecule has 1 aromatic heterocycles. The summed E-state index contributed by atoms with van der Waals surface area (Å²) in [5.74, 6) is 2.25. The van der Waals surface area contributed by atoms with Gasteiger partial charge in [0.05, 0.1) is 12.2 Å². The Balaban J connectivity index is 1.57. The number of nitrogens with zero attached hydrogens (tertiary/aromatic N) is 3. The Kier molecular flexibility index (Phi) is 7.87. The van der Waals surface area contributed by atoms with Gasteiger partial charge >= 0.3 is 0 Å².